The number of aromatic nitrogens is 2. The van der Waals surface area contributed by atoms with Crippen LogP contribution < -0.4 is 15.5 Å². The van der Waals surface area contributed by atoms with E-state index in [1.54, 1.807) is 6.20 Å². The Morgan fingerprint density at radius 1 is 1.30 bits per heavy atom. The second-order valence-electron chi connectivity index (χ2n) is 6.02. The second-order valence-corrected chi connectivity index (χ2v) is 7.21. The Morgan fingerprint density at radius 3 is 2.93 bits per heavy atom. The maximum Gasteiger partial charge on any atom is 0.251 e. The number of ether oxygens (including phenoxy) is 1. The summed E-state index contributed by atoms with van der Waals surface area (Å²) in [6, 6.07) is 7.70. The van der Waals surface area contributed by atoms with Gasteiger partial charge in [0.05, 0.1) is 17.7 Å². The van der Waals surface area contributed by atoms with Crippen LogP contribution in [0, 0.1) is 0 Å². The van der Waals surface area contributed by atoms with Gasteiger partial charge in [0.15, 0.2) is 0 Å². The highest BCUT2D eigenvalue weighted by Gasteiger charge is 2.13. The molecule has 1 aromatic heterocycles. The molecule has 27 heavy (non-hydrogen) atoms. The minimum Gasteiger partial charge on any atom is -0.378 e. The Balaban J connectivity index is 1.44. The third-order valence-electron chi connectivity index (χ3n) is 4.13. The Morgan fingerprint density at radius 2 is 2.11 bits per heavy atom. The van der Waals surface area contributed by atoms with E-state index in [0.717, 1.165) is 42.9 Å². The first-order chi connectivity index (χ1) is 13.1. The van der Waals surface area contributed by atoms with Gasteiger partial charge in [-0.3, -0.25) is 4.79 Å². The normalized spacial score (nSPS) is 14.1. The van der Waals surface area contributed by atoms with E-state index in [4.69, 9.17) is 16.3 Å². The number of morpholine rings is 1. The number of rotatable bonds is 7. The van der Waals surface area contributed by atoms with Crippen molar-refractivity contribution in [3.8, 4) is 0 Å². The molecule has 144 valence electrons. The molecule has 0 bridgehead atoms. The molecule has 1 aromatic carbocycles. The molecule has 1 amide bonds. The zero-order valence-electron chi connectivity index (χ0n) is 14.8. The van der Waals surface area contributed by atoms with E-state index in [-0.39, 0.29) is 11.2 Å². The average Bonchev–Trinajstić information content (AvgIpc) is 2.71. The Kier molecular flexibility index (Phi) is 7.25. The predicted molar refractivity (Wildman–Crippen MR) is 110 cm³/mol. The summed E-state index contributed by atoms with van der Waals surface area (Å²) >= 11 is 9.15. The molecule has 0 atom stereocenters. The average molecular weight is 455 g/mol. The SMILES string of the molecule is O=C(NCCCNc1nc(Cl)ncc1Br)c1cccc(N2CCOCC2)c1. The molecule has 2 heterocycles. The van der Waals surface area contributed by atoms with Gasteiger partial charge in [-0.15, -0.1) is 0 Å². The molecule has 0 saturated carbocycles. The first-order valence-electron chi connectivity index (χ1n) is 8.76. The van der Waals surface area contributed by atoms with Gasteiger partial charge in [0.2, 0.25) is 5.28 Å². The number of hydrogen-bond acceptors (Lipinski definition) is 6. The van der Waals surface area contributed by atoms with Gasteiger partial charge < -0.3 is 20.3 Å². The van der Waals surface area contributed by atoms with E-state index < -0.39 is 0 Å². The van der Waals surface area contributed by atoms with Crippen LogP contribution in [0.3, 0.4) is 0 Å². The number of nitrogens with one attached hydrogen (secondary N) is 2. The first kappa shape index (κ1) is 19.9. The number of carbonyl (C=O) groups is 1. The molecule has 1 aliphatic heterocycles. The molecular formula is C18H21BrClN5O2. The van der Waals surface area contributed by atoms with Crippen molar-refractivity contribution in [1.82, 2.24) is 15.3 Å². The lowest BCUT2D eigenvalue weighted by Crippen LogP contribution is -2.36. The molecule has 1 fully saturated rings. The van der Waals surface area contributed by atoms with Gasteiger partial charge in [-0.1, -0.05) is 6.07 Å². The van der Waals surface area contributed by atoms with Gasteiger partial charge in [0.1, 0.15) is 5.82 Å². The van der Waals surface area contributed by atoms with Crippen molar-refractivity contribution in [3.63, 3.8) is 0 Å². The molecule has 3 rings (SSSR count). The third kappa shape index (κ3) is 5.79. The number of nitrogens with zero attached hydrogens (tertiary/aromatic N) is 3. The van der Waals surface area contributed by atoms with Crippen LogP contribution in [0.1, 0.15) is 16.8 Å². The zero-order chi connectivity index (χ0) is 19.1. The highest BCUT2D eigenvalue weighted by molar-refractivity contribution is 9.10. The molecule has 1 aliphatic rings. The van der Waals surface area contributed by atoms with Gasteiger partial charge in [-0.25, -0.2) is 4.98 Å². The number of amides is 1. The van der Waals surface area contributed by atoms with Crippen LogP contribution in [0.5, 0.6) is 0 Å². The Labute approximate surface area is 171 Å². The van der Waals surface area contributed by atoms with Gasteiger partial charge in [0, 0.05) is 43.6 Å². The fourth-order valence-electron chi connectivity index (χ4n) is 2.73. The van der Waals surface area contributed by atoms with Crippen molar-refractivity contribution in [2.75, 3.05) is 49.6 Å². The van der Waals surface area contributed by atoms with E-state index in [0.29, 0.717) is 24.5 Å². The molecule has 2 aromatic rings. The van der Waals surface area contributed by atoms with Crippen molar-refractivity contribution in [2.24, 2.45) is 0 Å². The fourth-order valence-corrected chi connectivity index (χ4v) is 3.20. The van der Waals surface area contributed by atoms with E-state index in [9.17, 15) is 4.79 Å². The standard InChI is InChI=1S/C18H21BrClN5O2/c19-15-12-23-18(20)24-16(15)21-5-2-6-22-17(26)13-3-1-4-14(11-13)25-7-9-27-10-8-25/h1,3-4,11-12H,2,5-10H2,(H,22,26)(H,21,23,24). The van der Waals surface area contributed by atoms with Gasteiger partial charge >= 0.3 is 0 Å². The topological polar surface area (TPSA) is 79.4 Å². The van der Waals surface area contributed by atoms with Crippen LogP contribution in [-0.4, -0.2) is 55.3 Å². The molecule has 7 nitrogen and oxygen atoms in total. The molecule has 2 N–H and O–H groups in total. The van der Waals surface area contributed by atoms with E-state index in [2.05, 4.69) is 41.4 Å². The summed E-state index contributed by atoms with van der Waals surface area (Å²) in [5, 5.41) is 6.30. The second kappa shape index (κ2) is 9.87. The van der Waals surface area contributed by atoms with E-state index >= 15 is 0 Å². The number of hydrogen-bond donors (Lipinski definition) is 2. The van der Waals surface area contributed by atoms with Crippen LogP contribution in [0.4, 0.5) is 11.5 Å². The van der Waals surface area contributed by atoms with Crippen LogP contribution in [0.25, 0.3) is 0 Å². The summed E-state index contributed by atoms with van der Waals surface area (Å²) in [5.41, 5.74) is 1.72. The van der Waals surface area contributed by atoms with Crippen LogP contribution >= 0.6 is 27.5 Å². The summed E-state index contributed by atoms with van der Waals surface area (Å²) in [5.74, 6) is 0.566. The lowest BCUT2D eigenvalue weighted by Gasteiger charge is -2.29. The quantitative estimate of drug-likeness (QED) is 0.495. The van der Waals surface area contributed by atoms with Crippen molar-refractivity contribution >= 4 is 44.9 Å². The van der Waals surface area contributed by atoms with Crippen LogP contribution in [0.2, 0.25) is 5.28 Å². The lowest BCUT2D eigenvalue weighted by molar-refractivity contribution is 0.0953. The molecule has 0 spiro atoms. The molecular weight excluding hydrogens is 434 g/mol. The van der Waals surface area contributed by atoms with Crippen LogP contribution in [0.15, 0.2) is 34.9 Å². The molecule has 9 heteroatoms. The lowest BCUT2D eigenvalue weighted by atomic mass is 10.1. The smallest absolute Gasteiger partial charge is 0.251 e. The van der Waals surface area contributed by atoms with Crippen molar-refractivity contribution < 1.29 is 9.53 Å². The monoisotopic (exact) mass is 453 g/mol. The van der Waals surface area contributed by atoms with Crippen molar-refractivity contribution in [2.45, 2.75) is 6.42 Å². The molecule has 0 aliphatic carbocycles. The largest absolute Gasteiger partial charge is 0.378 e. The first-order valence-corrected chi connectivity index (χ1v) is 9.93. The number of halogens is 2. The zero-order valence-corrected chi connectivity index (χ0v) is 17.1. The fraction of sp³-hybridized carbons (Fsp3) is 0.389. The maximum absolute atomic E-state index is 12.4. The summed E-state index contributed by atoms with van der Waals surface area (Å²) < 4.78 is 6.12. The summed E-state index contributed by atoms with van der Waals surface area (Å²) in [6.07, 6.45) is 2.35. The summed E-state index contributed by atoms with van der Waals surface area (Å²) in [6.45, 7) is 4.34. The van der Waals surface area contributed by atoms with E-state index in [1.165, 1.54) is 0 Å². The number of benzene rings is 1. The Hall–Kier alpha value is -1.90. The third-order valence-corrected chi connectivity index (χ3v) is 4.89. The predicted octanol–water partition coefficient (Wildman–Crippen LogP) is 2.96. The minimum atomic E-state index is -0.0728. The molecule has 0 radical (unpaired) electrons. The van der Waals surface area contributed by atoms with Gasteiger partial charge in [-0.2, -0.15) is 4.98 Å². The molecule has 0 unspecified atom stereocenters. The van der Waals surface area contributed by atoms with Crippen LogP contribution in [-0.2, 0) is 4.74 Å². The highest BCUT2D eigenvalue weighted by Crippen LogP contribution is 2.20. The Bertz CT molecular complexity index is 786. The number of carbonyl (C=O) groups excluding carboxylic acids is 1. The minimum absolute atomic E-state index is 0.0728. The summed E-state index contributed by atoms with van der Waals surface area (Å²) in [4.78, 5) is 22.6. The maximum atomic E-state index is 12.4. The van der Waals surface area contributed by atoms with Crippen molar-refractivity contribution in [3.05, 3.63) is 45.8 Å². The highest BCUT2D eigenvalue weighted by atomic mass is 79.9. The van der Waals surface area contributed by atoms with Crippen molar-refractivity contribution in [1.29, 1.82) is 0 Å². The van der Waals surface area contributed by atoms with Gasteiger partial charge in [0.25, 0.3) is 5.91 Å². The van der Waals surface area contributed by atoms with E-state index in [1.807, 2.05) is 24.3 Å². The summed E-state index contributed by atoms with van der Waals surface area (Å²) in [7, 11) is 0. The number of anilines is 2. The molecule has 1 saturated heterocycles. The van der Waals surface area contributed by atoms with Gasteiger partial charge in [-0.05, 0) is 52.2 Å².